The lowest BCUT2D eigenvalue weighted by Crippen LogP contribution is -2.36. The van der Waals surface area contributed by atoms with Crippen LogP contribution in [0.1, 0.15) is 15.2 Å². The van der Waals surface area contributed by atoms with E-state index in [1.54, 1.807) is 6.33 Å². The van der Waals surface area contributed by atoms with Crippen molar-refractivity contribution in [1.82, 2.24) is 15.0 Å². The van der Waals surface area contributed by atoms with Crippen LogP contribution in [-0.4, -0.2) is 47.2 Å². The summed E-state index contributed by atoms with van der Waals surface area (Å²) in [5.41, 5.74) is 1.79. The van der Waals surface area contributed by atoms with E-state index in [1.165, 1.54) is 22.7 Å². The Bertz CT molecular complexity index is 1150. The van der Waals surface area contributed by atoms with Gasteiger partial charge < -0.3 is 9.64 Å². The fourth-order valence-electron chi connectivity index (χ4n) is 3.36. The summed E-state index contributed by atoms with van der Waals surface area (Å²) in [7, 11) is 0. The lowest BCUT2D eigenvalue weighted by molar-refractivity contribution is 0.103. The summed E-state index contributed by atoms with van der Waals surface area (Å²) in [4.78, 5) is 30.0. The Morgan fingerprint density at radius 2 is 2.00 bits per heavy atom. The second kappa shape index (κ2) is 7.08. The number of thiazole rings is 1. The van der Waals surface area contributed by atoms with E-state index in [1.807, 2.05) is 31.2 Å². The zero-order chi connectivity index (χ0) is 19.1. The maximum Gasteiger partial charge on any atom is 0.267 e. The number of carbonyl (C=O) groups excluding carboxylic acids is 1. The van der Waals surface area contributed by atoms with Gasteiger partial charge in [-0.3, -0.25) is 10.1 Å². The van der Waals surface area contributed by atoms with Gasteiger partial charge in [-0.2, -0.15) is 0 Å². The van der Waals surface area contributed by atoms with Crippen LogP contribution in [0.5, 0.6) is 0 Å². The Balaban J connectivity index is 1.50. The quantitative estimate of drug-likeness (QED) is 0.554. The molecule has 0 spiro atoms. The number of nitrogens with zero attached hydrogens (tertiary/aromatic N) is 4. The molecule has 0 saturated carbocycles. The smallest absolute Gasteiger partial charge is 0.267 e. The number of morpholine rings is 1. The summed E-state index contributed by atoms with van der Waals surface area (Å²) >= 11 is 2.86. The first-order chi connectivity index (χ1) is 13.7. The molecule has 1 aromatic carbocycles. The molecule has 9 heteroatoms. The van der Waals surface area contributed by atoms with E-state index in [0.29, 0.717) is 23.2 Å². The van der Waals surface area contributed by atoms with Gasteiger partial charge in [0, 0.05) is 13.1 Å². The average Bonchev–Trinajstić information content (AvgIpc) is 3.29. The van der Waals surface area contributed by atoms with Crippen molar-refractivity contribution in [2.24, 2.45) is 0 Å². The Morgan fingerprint density at radius 3 is 2.82 bits per heavy atom. The van der Waals surface area contributed by atoms with E-state index < -0.39 is 0 Å². The first-order valence-corrected chi connectivity index (χ1v) is 10.6. The number of benzene rings is 1. The molecule has 0 atom stereocenters. The topological polar surface area (TPSA) is 80.2 Å². The molecule has 1 saturated heterocycles. The van der Waals surface area contributed by atoms with Crippen molar-refractivity contribution in [1.29, 1.82) is 0 Å². The molecule has 4 heterocycles. The minimum atomic E-state index is -0.160. The van der Waals surface area contributed by atoms with E-state index in [-0.39, 0.29) is 5.91 Å². The number of carbonyl (C=O) groups is 1. The molecular weight excluding hydrogens is 394 g/mol. The van der Waals surface area contributed by atoms with Crippen LogP contribution in [0.3, 0.4) is 0 Å². The molecule has 0 bridgehead atoms. The van der Waals surface area contributed by atoms with Gasteiger partial charge in [0.05, 0.1) is 33.7 Å². The molecule has 7 nitrogen and oxygen atoms in total. The number of rotatable bonds is 3. The Labute approximate surface area is 169 Å². The van der Waals surface area contributed by atoms with Gasteiger partial charge >= 0.3 is 0 Å². The van der Waals surface area contributed by atoms with E-state index in [2.05, 4.69) is 25.2 Å². The van der Waals surface area contributed by atoms with Crippen molar-refractivity contribution in [3.63, 3.8) is 0 Å². The van der Waals surface area contributed by atoms with Crippen molar-refractivity contribution in [2.45, 2.75) is 6.92 Å². The molecule has 1 aliphatic heterocycles. The van der Waals surface area contributed by atoms with Crippen LogP contribution >= 0.6 is 22.7 Å². The monoisotopic (exact) mass is 411 g/mol. The minimum Gasteiger partial charge on any atom is -0.378 e. The molecule has 1 amide bonds. The molecule has 3 aromatic heterocycles. The second-order valence-electron chi connectivity index (χ2n) is 6.47. The van der Waals surface area contributed by atoms with Crippen LogP contribution in [0.4, 0.5) is 10.9 Å². The number of ether oxygens (including phenoxy) is 1. The van der Waals surface area contributed by atoms with Crippen molar-refractivity contribution in [3.8, 4) is 0 Å². The highest BCUT2D eigenvalue weighted by atomic mass is 32.1. The summed E-state index contributed by atoms with van der Waals surface area (Å²) in [6.45, 7) is 4.89. The van der Waals surface area contributed by atoms with Crippen molar-refractivity contribution in [3.05, 3.63) is 41.0 Å². The van der Waals surface area contributed by atoms with Crippen LogP contribution in [-0.2, 0) is 4.74 Å². The molecule has 0 unspecified atom stereocenters. The minimum absolute atomic E-state index is 0.160. The lowest BCUT2D eigenvalue weighted by atomic mass is 10.2. The third kappa shape index (κ3) is 3.01. The van der Waals surface area contributed by atoms with E-state index in [4.69, 9.17) is 4.74 Å². The molecule has 142 valence electrons. The zero-order valence-corrected chi connectivity index (χ0v) is 16.8. The van der Waals surface area contributed by atoms with Crippen LogP contribution < -0.4 is 10.2 Å². The van der Waals surface area contributed by atoms with Crippen LogP contribution in [0, 0.1) is 6.92 Å². The van der Waals surface area contributed by atoms with Crippen molar-refractivity contribution < 1.29 is 9.53 Å². The predicted molar refractivity (Wildman–Crippen MR) is 113 cm³/mol. The fraction of sp³-hybridized carbons (Fsp3) is 0.263. The number of anilines is 2. The van der Waals surface area contributed by atoms with Gasteiger partial charge in [0.25, 0.3) is 5.91 Å². The van der Waals surface area contributed by atoms with E-state index in [9.17, 15) is 4.79 Å². The number of aryl methyl sites for hydroxylation is 1. The van der Waals surface area contributed by atoms with Crippen LogP contribution in [0.25, 0.3) is 20.4 Å². The van der Waals surface area contributed by atoms with Gasteiger partial charge in [-0.1, -0.05) is 23.5 Å². The Hall–Kier alpha value is -2.62. The van der Waals surface area contributed by atoms with Gasteiger partial charge in [-0.15, -0.1) is 11.3 Å². The number of hydrogen-bond donors (Lipinski definition) is 1. The fourth-order valence-corrected chi connectivity index (χ4v) is 5.26. The summed E-state index contributed by atoms with van der Waals surface area (Å²) in [6.07, 6.45) is 1.57. The number of amides is 1. The lowest BCUT2D eigenvalue weighted by Gasteiger charge is -2.28. The van der Waals surface area contributed by atoms with Gasteiger partial charge in [0.2, 0.25) is 0 Å². The first kappa shape index (κ1) is 17.5. The van der Waals surface area contributed by atoms with Crippen LogP contribution in [0.2, 0.25) is 0 Å². The average molecular weight is 412 g/mol. The molecule has 28 heavy (non-hydrogen) atoms. The SMILES string of the molecule is Cc1c(C(=O)Nc2nc3ccccc3s2)sc2ncnc(N3CCOCC3)c12. The van der Waals surface area contributed by atoms with Gasteiger partial charge in [0.15, 0.2) is 5.13 Å². The first-order valence-electron chi connectivity index (χ1n) is 8.94. The summed E-state index contributed by atoms with van der Waals surface area (Å²) < 4.78 is 6.49. The number of nitrogens with one attached hydrogen (secondary N) is 1. The standard InChI is InChI=1S/C19H17N5O2S2/c1-11-14-16(24-6-8-26-9-7-24)20-10-21-18(14)28-15(11)17(25)23-19-22-12-4-2-3-5-13(12)27-19/h2-5,10H,6-9H2,1H3,(H,22,23,25). The Kier molecular flexibility index (Phi) is 4.42. The van der Waals surface area contributed by atoms with Gasteiger partial charge in [-0.05, 0) is 24.6 Å². The maximum atomic E-state index is 13.0. The van der Waals surface area contributed by atoms with Gasteiger partial charge in [0.1, 0.15) is 17.0 Å². The predicted octanol–water partition coefficient (Wildman–Crippen LogP) is 3.70. The molecule has 5 rings (SSSR count). The zero-order valence-electron chi connectivity index (χ0n) is 15.1. The highest BCUT2D eigenvalue weighted by Crippen LogP contribution is 2.36. The third-order valence-electron chi connectivity index (χ3n) is 4.74. The van der Waals surface area contributed by atoms with Crippen molar-refractivity contribution >= 4 is 60.0 Å². The summed E-state index contributed by atoms with van der Waals surface area (Å²) in [6, 6.07) is 7.84. The summed E-state index contributed by atoms with van der Waals surface area (Å²) in [5, 5.41) is 4.49. The molecule has 4 aromatic rings. The Morgan fingerprint density at radius 1 is 1.18 bits per heavy atom. The number of fused-ring (bicyclic) bond motifs is 2. The maximum absolute atomic E-state index is 13.0. The largest absolute Gasteiger partial charge is 0.378 e. The second-order valence-corrected chi connectivity index (χ2v) is 8.50. The molecule has 0 radical (unpaired) electrons. The van der Waals surface area contributed by atoms with E-state index in [0.717, 1.165) is 44.9 Å². The van der Waals surface area contributed by atoms with Crippen LogP contribution in [0.15, 0.2) is 30.6 Å². The normalized spacial score (nSPS) is 14.7. The highest BCUT2D eigenvalue weighted by molar-refractivity contribution is 7.23. The van der Waals surface area contributed by atoms with E-state index >= 15 is 0 Å². The number of hydrogen-bond acceptors (Lipinski definition) is 8. The molecule has 1 fully saturated rings. The number of thiophene rings is 1. The number of aromatic nitrogens is 3. The molecular formula is C19H17N5O2S2. The number of para-hydroxylation sites is 1. The molecule has 1 N–H and O–H groups in total. The highest BCUT2D eigenvalue weighted by Gasteiger charge is 2.23. The van der Waals surface area contributed by atoms with Gasteiger partial charge in [-0.25, -0.2) is 15.0 Å². The van der Waals surface area contributed by atoms with Crippen molar-refractivity contribution in [2.75, 3.05) is 36.5 Å². The molecule has 1 aliphatic rings. The molecule has 0 aliphatic carbocycles. The summed E-state index contributed by atoms with van der Waals surface area (Å²) in [5.74, 6) is 0.716. The third-order valence-corrected chi connectivity index (χ3v) is 6.89.